The fourth-order valence-corrected chi connectivity index (χ4v) is 3.46. The molecule has 4 rings (SSSR count). The van der Waals surface area contributed by atoms with Crippen molar-refractivity contribution in [1.29, 1.82) is 0 Å². The summed E-state index contributed by atoms with van der Waals surface area (Å²) in [7, 11) is 0. The first-order valence-corrected chi connectivity index (χ1v) is 8.69. The minimum atomic E-state index is -0.483. The molecule has 0 bridgehead atoms. The highest BCUT2D eigenvalue weighted by Crippen LogP contribution is 2.30. The summed E-state index contributed by atoms with van der Waals surface area (Å²) in [4.78, 5) is 18.4. The lowest BCUT2D eigenvalue weighted by atomic mass is 10.0. The lowest BCUT2D eigenvalue weighted by Crippen LogP contribution is -2.51. The second-order valence-corrected chi connectivity index (χ2v) is 6.79. The molecule has 3 heterocycles. The van der Waals surface area contributed by atoms with Gasteiger partial charge in [0.25, 0.3) is 5.91 Å². The van der Waals surface area contributed by atoms with Crippen molar-refractivity contribution >= 4 is 5.91 Å². The number of amides is 1. The van der Waals surface area contributed by atoms with E-state index in [1.807, 2.05) is 30.3 Å². The van der Waals surface area contributed by atoms with Crippen LogP contribution in [-0.4, -0.2) is 45.9 Å². The second kappa shape index (κ2) is 6.57. The van der Waals surface area contributed by atoms with Crippen LogP contribution in [0, 0.1) is 0 Å². The molecule has 1 spiro atoms. The van der Waals surface area contributed by atoms with Gasteiger partial charge in [0.2, 0.25) is 5.89 Å². The number of hydrogen-bond donors (Lipinski definition) is 1. The van der Waals surface area contributed by atoms with Gasteiger partial charge in [0.05, 0.1) is 13.0 Å². The Kier molecular flexibility index (Phi) is 4.27. The van der Waals surface area contributed by atoms with Crippen molar-refractivity contribution in [2.24, 2.45) is 0 Å². The minimum Gasteiger partial charge on any atom is -0.343 e. The summed E-state index contributed by atoms with van der Waals surface area (Å²) in [6.07, 6.45) is 1.84. The van der Waals surface area contributed by atoms with Crippen molar-refractivity contribution in [3.63, 3.8) is 0 Å². The number of benzene rings is 1. The maximum atomic E-state index is 11.7. The third-order valence-electron chi connectivity index (χ3n) is 4.86. The highest BCUT2D eigenvalue weighted by atomic mass is 16.5. The molecule has 132 valence electrons. The standard InChI is InChI=1S/C18H22N4O3/c1-13-17(23)20-18(24-13)7-9-22(10-8-18)12-15-19-16(25-21-15)11-14-5-3-2-4-6-14/h2-6,13H,7-12H2,1H3,(H,20,23). The Balaban J connectivity index is 1.31. The molecular weight excluding hydrogens is 320 g/mol. The third kappa shape index (κ3) is 3.57. The van der Waals surface area contributed by atoms with Crippen LogP contribution in [0.5, 0.6) is 0 Å². The van der Waals surface area contributed by atoms with Crippen molar-refractivity contribution in [2.45, 2.75) is 44.6 Å². The molecule has 1 amide bonds. The molecule has 25 heavy (non-hydrogen) atoms. The average molecular weight is 342 g/mol. The lowest BCUT2D eigenvalue weighted by Gasteiger charge is -2.37. The number of hydrogen-bond acceptors (Lipinski definition) is 6. The Morgan fingerprint density at radius 3 is 2.72 bits per heavy atom. The van der Waals surface area contributed by atoms with E-state index in [-0.39, 0.29) is 12.0 Å². The van der Waals surface area contributed by atoms with Crippen LogP contribution >= 0.6 is 0 Å². The van der Waals surface area contributed by atoms with E-state index >= 15 is 0 Å². The molecule has 2 fully saturated rings. The number of ether oxygens (including phenoxy) is 1. The van der Waals surface area contributed by atoms with E-state index in [1.54, 1.807) is 6.92 Å². The Hall–Kier alpha value is -2.25. The fraction of sp³-hybridized carbons (Fsp3) is 0.500. The average Bonchev–Trinajstić information content (AvgIpc) is 3.15. The van der Waals surface area contributed by atoms with Gasteiger partial charge in [-0.2, -0.15) is 4.98 Å². The molecular formula is C18H22N4O3. The number of nitrogens with one attached hydrogen (secondary N) is 1. The molecule has 0 aliphatic carbocycles. The smallest absolute Gasteiger partial charge is 0.251 e. The van der Waals surface area contributed by atoms with Gasteiger partial charge in [-0.3, -0.25) is 9.69 Å². The third-order valence-corrected chi connectivity index (χ3v) is 4.86. The fourth-order valence-electron chi connectivity index (χ4n) is 3.46. The normalized spacial score (nSPS) is 23.1. The van der Waals surface area contributed by atoms with Crippen LogP contribution in [0.3, 0.4) is 0 Å². The van der Waals surface area contributed by atoms with Gasteiger partial charge in [-0.1, -0.05) is 35.5 Å². The largest absolute Gasteiger partial charge is 0.343 e. The summed E-state index contributed by atoms with van der Waals surface area (Å²) >= 11 is 0. The summed E-state index contributed by atoms with van der Waals surface area (Å²) in [5, 5.41) is 7.09. The Morgan fingerprint density at radius 1 is 1.28 bits per heavy atom. The van der Waals surface area contributed by atoms with Gasteiger partial charge in [0, 0.05) is 25.9 Å². The second-order valence-electron chi connectivity index (χ2n) is 6.79. The van der Waals surface area contributed by atoms with Crippen LogP contribution in [0.4, 0.5) is 0 Å². The highest BCUT2D eigenvalue weighted by Gasteiger charge is 2.45. The van der Waals surface area contributed by atoms with E-state index in [9.17, 15) is 4.79 Å². The van der Waals surface area contributed by atoms with Gasteiger partial charge in [-0.15, -0.1) is 0 Å². The van der Waals surface area contributed by atoms with Crippen LogP contribution in [0.2, 0.25) is 0 Å². The molecule has 2 aliphatic heterocycles. The molecule has 7 heteroatoms. The van der Waals surface area contributed by atoms with E-state index in [4.69, 9.17) is 9.26 Å². The predicted octanol–water partition coefficient (Wildman–Crippen LogP) is 1.49. The molecule has 7 nitrogen and oxygen atoms in total. The van der Waals surface area contributed by atoms with E-state index in [0.29, 0.717) is 24.7 Å². The van der Waals surface area contributed by atoms with Crippen molar-refractivity contribution < 1.29 is 14.1 Å². The first-order chi connectivity index (χ1) is 12.1. The zero-order valence-electron chi connectivity index (χ0n) is 14.3. The van der Waals surface area contributed by atoms with Gasteiger partial charge in [0.1, 0.15) is 11.8 Å². The van der Waals surface area contributed by atoms with Crippen LogP contribution in [0.25, 0.3) is 0 Å². The Morgan fingerprint density at radius 2 is 2.04 bits per heavy atom. The van der Waals surface area contributed by atoms with Gasteiger partial charge >= 0.3 is 0 Å². The summed E-state index contributed by atoms with van der Waals surface area (Å²) in [5.74, 6) is 1.32. The molecule has 1 aromatic carbocycles. The van der Waals surface area contributed by atoms with E-state index in [2.05, 4.69) is 20.4 Å². The number of carbonyl (C=O) groups excluding carboxylic acids is 1. The number of carbonyl (C=O) groups is 1. The maximum absolute atomic E-state index is 11.7. The number of aromatic nitrogens is 2. The first-order valence-electron chi connectivity index (χ1n) is 8.69. The Labute approximate surface area is 146 Å². The lowest BCUT2D eigenvalue weighted by molar-refractivity contribution is -0.123. The molecule has 1 unspecified atom stereocenters. The van der Waals surface area contributed by atoms with Gasteiger partial charge in [0.15, 0.2) is 5.82 Å². The number of rotatable bonds is 4. The molecule has 2 aliphatic rings. The van der Waals surface area contributed by atoms with Crippen molar-refractivity contribution in [3.05, 3.63) is 47.6 Å². The van der Waals surface area contributed by atoms with Crippen LogP contribution in [-0.2, 0) is 22.5 Å². The SMILES string of the molecule is CC1OC2(CCN(Cc3noc(Cc4ccccc4)n3)CC2)NC1=O. The molecule has 1 aromatic heterocycles. The van der Waals surface area contributed by atoms with Crippen molar-refractivity contribution in [1.82, 2.24) is 20.4 Å². The van der Waals surface area contributed by atoms with Gasteiger partial charge in [-0.05, 0) is 12.5 Å². The van der Waals surface area contributed by atoms with Crippen molar-refractivity contribution in [3.8, 4) is 0 Å². The highest BCUT2D eigenvalue weighted by molar-refractivity contribution is 5.82. The predicted molar refractivity (Wildman–Crippen MR) is 89.5 cm³/mol. The summed E-state index contributed by atoms with van der Waals surface area (Å²) in [6.45, 7) is 4.10. The quantitative estimate of drug-likeness (QED) is 0.907. The molecule has 1 N–H and O–H groups in total. The molecule has 2 saturated heterocycles. The monoisotopic (exact) mass is 342 g/mol. The van der Waals surface area contributed by atoms with Crippen LogP contribution < -0.4 is 5.32 Å². The van der Waals surface area contributed by atoms with Crippen LogP contribution in [0.1, 0.15) is 37.0 Å². The maximum Gasteiger partial charge on any atom is 0.251 e. The zero-order valence-corrected chi connectivity index (χ0v) is 14.3. The molecule has 0 saturated carbocycles. The summed E-state index contributed by atoms with van der Waals surface area (Å²) < 4.78 is 11.2. The summed E-state index contributed by atoms with van der Waals surface area (Å²) in [6, 6.07) is 10.1. The minimum absolute atomic E-state index is 0.0165. The first kappa shape index (κ1) is 16.2. The molecule has 1 atom stereocenters. The van der Waals surface area contributed by atoms with Gasteiger partial charge < -0.3 is 14.6 Å². The van der Waals surface area contributed by atoms with Crippen molar-refractivity contribution in [2.75, 3.05) is 13.1 Å². The van der Waals surface area contributed by atoms with E-state index < -0.39 is 5.72 Å². The molecule has 2 aromatic rings. The van der Waals surface area contributed by atoms with Gasteiger partial charge in [-0.25, -0.2) is 0 Å². The number of nitrogens with zero attached hydrogens (tertiary/aromatic N) is 3. The van der Waals surface area contributed by atoms with Crippen LogP contribution in [0.15, 0.2) is 34.9 Å². The molecule has 0 radical (unpaired) electrons. The number of likely N-dealkylation sites (tertiary alicyclic amines) is 1. The zero-order chi connectivity index (χ0) is 17.3. The topological polar surface area (TPSA) is 80.5 Å². The Bertz CT molecular complexity index is 738. The summed E-state index contributed by atoms with van der Waals surface area (Å²) in [5.41, 5.74) is 0.670. The number of piperidine rings is 1. The van der Waals surface area contributed by atoms with E-state index in [1.165, 1.54) is 0 Å². The van der Waals surface area contributed by atoms with E-state index in [0.717, 1.165) is 31.5 Å².